The normalized spacial score (nSPS) is 11.4. The quantitative estimate of drug-likeness (QED) is 0.711. The van der Waals surface area contributed by atoms with E-state index in [9.17, 15) is 0 Å². The molecule has 0 bridgehead atoms. The van der Waals surface area contributed by atoms with Crippen LogP contribution in [0.4, 0.5) is 0 Å². The lowest BCUT2D eigenvalue weighted by Crippen LogP contribution is -2.13. The fourth-order valence-electron chi connectivity index (χ4n) is 1.29. The topological polar surface area (TPSA) is 12.0 Å². The summed E-state index contributed by atoms with van der Waals surface area (Å²) in [6.07, 6.45) is 7.00. The first-order valence-corrected chi connectivity index (χ1v) is 4.68. The summed E-state index contributed by atoms with van der Waals surface area (Å²) in [5.74, 6) is 3.08. The number of terminal acetylenes is 1. The molecule has 0 saturated carbocycles. The summed E-state index contributed by atoms with van der Waals surface area (Å²) in [5, 5.41) is 3.10. The summed E-state index contributed by atoms with van der Waals surface area (Å²) in [6, 6.07) is 8.09. The average Bonchev–Trinajstić information content (AvgIpc) is 2.26. The van der Waals surface area contributed by atoms with Crippen LogP contribution in [0, 0.1) is 12.3 Å². The summed E-state index contributed by atoms with van der Waals surface area (Å²) in [4.78, 5) is 0. The molecule has 0 radical (unpaired) electrons. The Morgan fingerprint density at radius 2 is 2.14 bits per heavy atom. The van der Waals surface area contributed by atoms with Crippen LogP contribution in [0.2, 0.25) is 0 Å². The van der Waals surface area contributed by atoms with Crippen molar-refractivity contribution < 1.29 is 0 Å². The molecule has 0 spiro atoms. The average molecular weight is 185 g/mol. The van der Waals surface area contributed by atoms with Gasteiger partial charge in [0.15, 0.2) is 0 Å². The van der Waals surface area contributed by atoms with Crippen LogP contribution in [0.3, 0.4) is 0 Å². The molecule has 1 N–H and O–H groups in total. The lowest BCUT2D eigenvalue weighted by atomic mass is 10.00. The number of benzene rings is 1. The molecule has 1 nitrogen and oxygen atoms in total. The standard InChI is InChI=1S/C13H15N/c1-4-12-6-8-13(9-7-12)11(3)10-14-5-2/h1,5-9,11,14H,2,10H2,3H3. The van der Waals surface area contributed by atoms with Gasteiger partial charge in [-0.15, -0.1) is 6.42 Å². The van der Waals surface area contributed by atoms with Gasteiger partial charge in [0.05, 0.1) is 0 Å². The van der Waals surface area contributed by atoms with Crippen LogP contribution in [0.25, 0.3) is 0 Å². The van der Waals surface area contributed by atoms with E-state index < -0.39 is 0 Å². The van der Waals surface area contributed by atoms with E-state index in [1.54, 1.807) is 6.20 Å². The highest BCUT2D eigenvalue weighted by molar-refractivity contribution is 5.35. The molecule has 1 heteroatoms. The molecule has 1 aromatic carbocycles. The Labute approximate surface area is 85.8 Å². The number of nitrogens with one attached hydrogen (secondary N) is 1. The Morgan fingerprint density at radius 3 is 2.64 bits per heavy atom. The van der Waals surface area contributed by atoms with Gasteiger partial charge in [0.2, 0.25) is 0 Å². The monoisotopic (exact) mass is 185 g/mol. The molecular weight excluding hydrogens is 170 g/mol. The molecule has 1 rings (SSSR count). The second-order valence-electron chi connectivity index (χ2n) is 3.28. The van der Waals surface area contributed by atoms with Gasteiger partial charge in [-0.2, -0.15) is 0 Å². The van der Waals surface area contributed by atoms with Crippen molar-refractivity contribution in [2.24, 2.45) is 0 Å². The molecular formula is C13H15N. The maximum atomic E-state index is 5.28. The summed E-state index contributed by atoms with van der Waals surface area (Å²) < 4.78 is 0. The first kappa shape index (κ1) is 10.4. The van der Waals surface area contributed by atoms with Crippen LogP contribution in [0.1, 0.15) is 24.0 Å². The summed E-state index contributed by atoms with van der Waals surface area (Å²) >= 11 is 0. The molecule has 0 amide bonds. The van der Waals surface area contributed by atoms with Gasteiger partial charge >= 0.3 is 0 Å². The SMILES string of the molecule is C#Cc1ccc(C(C)CNC=C)cc1. The van der Waals surface area contributed by atoms with E-state index in [0.717, 1.165) is 12.1 Å². The second-order valence-corrected chi connectivity index (χ2v) is 3.28. The van der Waals surface area contributed by atoms with Gasteiger partial charge in [-0.1, -0.05) is 31.6 Å². The molecule has 1 unspecified atom stereocenters. The predicted molar refractivity (Wildman–Crippen MR) is 61.0 cm³/mol. The van der Waals surface area contributed by atoms with Crippen LogP contribution in [0.15, 0.2) is 37.0 Å². The first-order valence-electron chi connectivity index (χ1n) is 4.68. The molecule has 72 valence electrons. The van der Waals surface area contributed by atoms with Crippen molar-refractivity contribution in [2.45, 2.75) is 12.8 Å². The molecule has 0 saturated heterocycles. The van der Waals surface area contributed by atoms with E-state index >= 15 is 0 Å². The highest BCUT2D eigenvalue weighted by Crippen LogP contribution is 2.14. The van der Waals surface area contributed by atoms with Crippen LogP contribution in [0.5, 0.6) is 0 Å². The van der Waals surface area contributed by atoms with E-state index in [0.29, 0.717) is 5.92 Å². The number of hydrogen-bond donors (Lipinski definition) is 1. The largest absolute Gasteiger partial charge is 0.391 e. The van der Waals surface area contributed by atoms with Crippen LogP contribution in [-0.2, 0) is 0 Å². The van der Waals surface area contributed by atoms with Gasteiger partial charge in [0, 0.05) is 12.1 Å². The van der Waals surface area contributed by atoms with Gasteiger partial charge in [0.1, 0.15) is 0 Å². The molecule has 0 aromatic heterocycles. The van der Waals surface area contributed by atoms with Crippen molar-refractivity contribution in [3.05, 3.63) is 48.2 Å². The highest BCUT2D eigenvalue weighted by Gasteiger charge is 2.03. The maximum Gasteiger partial charge on any atom is 0.0242 e. The van der Waals surface area contributed by atoms with Gasteiger partial charge < -0.3 is 5.32 Å². The lowest BCUT2D eigenvalue weighted by Gasteiger charge is -2.11. The predicted octanol–water partition coefficient (Wildman–Crippen LogP) is 2.50. The van der Waals surface area contributed by atoms with Crippen molar-refractivity contribution in [3.8, 4) is 12.3 Å². The Morgan fingerprint density at radius 1 is 1.50 bits per heavy atom. The van der Waals surface area contributed by atoms with E-state index in [-0.39, 0.29) is 0 Å². The zero-order valence-corrected chi connectivity index (χ0v) is 8.46. The van der Waals surface area contributed by atoms with E-state index in [2.05, 4.69) is 36.9 Å². The first-order chi connectivity index (χ1) is 6.77. The molecule has 0 aliphatic heterocycles. The maximum absolute atomic E-state index is 5.28. The Balaban J connectivity index is 2.67. The summed E-state index contributed by atoms with van der Waals surface area (Å²) in [6.45, 7) is 6.69. The van der Waals surface area contributed by atoms with E-state index in [4.69, 9.17) is 6.42 Å². The van der Waals surface area contributed by atoms with Gasteiger partial charge in [0.25, 0.3) is 0 Å². The van der Waals surface area contributed by atoms with Gasteiger partial charge in [-0.25, -0.2) is 0 Å². The van der Waals surface area contributed by atoms with Crippen molar-refractivity contribution in [1.29, 1.82) is 0 Å². The summed E-state index contributed by atoms with van der Waals surface area (Å²) in [5.41, 5.74) is 2.22. The van der Waals surface area contributed by atoms with Crippen LogP contribution >= 0.6 is 0 Å². The van der Waals surface area contributed by atoms with Crippen LogP contribution in [-0.4, -0.2) is 6.54 Å². The third-order valence-electron chi connectivity index (χ3n) is 2.21. The Kier molecular flexibility index (Phi) is 3.82. The van der Waals surface area contributed by atoms with Gasteiger partial charge in [-0.05, 0) is 29.8 Å². The van der Waals surface area contributed by atoms with E-state index in [1.807, 2.05) is 12.1 Å². The molecule has 14 heavy (non-hydrogen) atoms. The van der Waals surface area contributed by atoms with Crippen molar-refractivity contribution >= 4 is 0 Å². The zero-order valence-electron chi connectivity index (χ0n) is 8.46. The molecule has 0 aliphatic rings. The van der Waals surface area contributed by atoms with Crippen molar-refractivity contribution in [3.63, 3.8) is 0 Å². The fourth-order valence-corrected chi connectivity index (χ4v) is 1.29. The Hall–Kier alpha value is -1.68. The molecule has 0 fully saturated rings. The second kappa shape index (κ2) is 5.14. The minimum Gasteiger partial charge on any atom is -0.391 e. The lowest BCUT2D eigenvalue weighted by molar-refractivity contribution is 0.702. The third-order valence-corrected chi connectivity index (χ3v) is 2.21. The number of rotatable bonds is 4. The highest BCUT2D eigenvalue weighted by atomic mass is 14.8. The minimum atomic E-state index is 0.472. The van der Waals surface area contributed by atoms with Crippen molar-refractivity contribution in [2.75, 3.05) is 6.54 Å². The van der Waals surface area contributed by atoms with Gasteiger partial charge in [-0.3, -0.25) is 0 Å². The van der Waals surface area contributed by atoms with Crippen molar-refractivity contribution in [1.82, 2.24) is 5.32 Å². The zero-order chi connectivity index (χ0) is 10.4. The number of hydrogen-bond acceptors (Lipinski definition) is 1. The molecule has 0 aliphatic carbocycles. The minimum absolute atomic E-state index is 0.472. The molecule has 1 atom stereocenters. The Bertz CT molecular complexity index is 329. The van der Waals surface area contributed by atoms with Crippen LogP contribution < -0.4 is 5.32 Å². The fraction of sp³-hybridized carbons (Fsp3) is 0.231. The third kappa shape index (κ3) is 2.67. The van der Waals surface area contributed by atoms with E-state index in [1.165, 1.54) is 5.56 Å². The molecule has 1 aromatic rings. The smallest absolute Gasteiger partial charge is 0.0242 e. The summed E-state index contributed by atoms with van der Waals surface area (Å²) in [7, 11) is 0. The molecule has 0 heterocycles.